The van der Waals surface area contributed by atoms with E-state index < -0.39 is 0 Å². The SMILES string of the molecule is CC(C)N(Cc1ccc(Cl)c(Cl)c1)C(=O)Nc1ccc2c(c1)CCC(=O)N2. The number of benzene rings is 2. The lowest BCUT2D eigenvalue weighted by Crippen LogP contribution is -2.39. The second-order valence-corrected chi connectivity index (χ2v) is 7.63. The van der Waals surface area contributed by atoms with Crippen LogP contribution in [0.5, 0.6) is 0 Å². The van der Waals surface area contributed by atoms with E-state index in [2.05, 4.69) is 10.6 Å². The molecule has 1 heterocycles. The van der Waals surface area contributed by atoms with Crippen molar-refractivity contribution in [3.05, 3.63) is 57.6 Å². The summed E-state index contributed by atoms with van der Waals surface area (Å²) in [5.41, 5.74) is 3.44. The van der Waals surface area contributed by atoms with Crippen LogP contribution in [0.15, 0.2) is 36.4 Å². The maximum atomic E-state index is 12.8. The quantitative estimate of drug-likeness (QED) is 0.722. The van der Waals surface area contributed by atoms with Crippen LogP contribution in [0, 0.1) is 0 Å². The van der Waals surface area contributed by atoms with Gasteiger partial charge in [0.25, 0.3) is 0 Å². The molecule has 0 saturated carbocycles. The number of nitrogens with zero attached hydrogens (tertiary/aromatic N) is 1. The van der Waals surface area contributed by atoms with Gasteiger partial charge in [-0.25, -0.2) is 4.79 Å². The molecule has 0 aliphatic carbocycles. The molecule has 142 valence electrons. The number of fused-ring (bicyclic) bond motifs is 1. The molecule has 7 heteroatoms. The van der Waals surface area contributed by atoms with Crippen LogP contribution in [0.3, 0.4) is 0 Å². The molecule has 2 N–H and O–H groups in total. The van der Waals surface area contributed by atoms with Crippen molar-refractivity contribution in [2.75, 3.05) is 10.6 Å². The normalized spacial score (nSPS) is 13.1. The van der Waals surface area contributed by atoms with E-state index in [1.54, 1.807) is 23.1 Å². The summed E-state index contributed by atoms with van der Waals surface area (Å²) in [6, 6.07) is 10.7. The van der Waals surface area contributed by atoms with Crippen molar-refractivity contribution in [2.24, 2.45) is 0 Å². The van der Waals surface area contributed by atoms with Gasteiger partial charge in [-0.15, -0.1) is 0 Å². The lowest BCUT2D eigenvalue weighted by Gasteiger charge is -2.27. The van der Waals surface area contributed by atoms with E-state index in [9.17, 15) is 9.59 Å². The number of hydrogen-bond donors (Lipinski definition) is 2. The summed E-state index contributed by atoms with van der Waals surface area (Å²) in [5.74, 6) is 0.0203. The Labute approximate surface area is 168 Å². The lowest BCUT2D eigenvalue weighted by atomic mass is 10.0. The fourth-order valence-corrected chi connectivity index (χ4v) is 3.30. The van der Waals surface area contributed by atoms with E-state index in [0.29, 0.717) is 35.1 Å². The minimum atomic E-state index is -0.198. The molecule has 2 aromatic rings. The Morgan fingerprint density at radius 3 is 2.63 bits per heavy atom. The van der Waals surface area contributed by atoms with Gasteiger partial charge < -0.3 is 15.5 Å². The van der Waals surface area contributed by atoms with Crippen LogP contribution in [0.1, 0.15) is 31.4 Å². The third kappa shape index (κ3) is 4.73. The van der Waals surface area contributed by atoms with E-state index in [1.807, 2.05) is 32.0 Å². The number of rotatable bonds is 4. The molecule has 3 rings (SSSR count). The van der Waals surface area contributed by atoms with Gasteiger partial charge in [-0.2, -0.15) is 0 Å². The summed E-state index contributed by atoms with van der Waals surface area (Å²) in [6.45, 7) is 4.33. The third-order valence-corrected chi connectivity index (χ3v) is 5.21. The zero-order valence-electron chi connectivity index (χ0n) is 15.2. The molecular formula is C20H21Cl2N3O2. The molecule has 1 aliphatic heterocycles. The third-order valence-electron chi connectivity index (χ3n) is 4.47. The van der Waals surface area contributed by atoms with Gasteiger partial charge in [-0.1, -0.05) is 29.3 Å². The maximum Gasteiger partial charge on any atom is 0.322 e. The number of carbonyl (C=O) groups excluding carboxylic acids is 2. The van der Waals surface area contributed by atoms with Crippen LogP contribution in [-0.4, -0.2) is 22.9 Å². The van der Waals surface area contributed by atoms with Crippen molar-refractivity contribution in [2.45, 2.75) is 39.3 Å². The van der Waals surface area contributed by atoms with Gasteiger partial charge in [-0.05, 0) is 61.7 Å². The van der Waals surface area contributed by atoms with Crippen LogP contribution >= 0.6 is 23.2 Å². The summed E-state index contributed by atoms with van der Waals surface area (Å²) < 4.78 is 0. The number of halogens is 2. The highest BCUT2D eigenvalue weighted by atomic mass is 35.5. The van der Waals surface area contributed by atoms with Gasteiger partial charge in [0.05, 0.1) is 10.0 Å². The molecule has 2 aromatic carbocycles. The Morgan fingerprint density at radius 1 is 1.15 bits per heavy atom. The van der Waals surface area contributed by atoms with Gasteiger partial charge in [0.2, 0.25) is 5.91 Å². The zero-order valence-corrected chi connectivity index (χ0v) is 16.7. The number of nitrogens with one attached hydrogen (secondary N) is 2. The first-order valence-electron chi connectivity index (χ1n) is 8.78. The van der Waals surface area contributed by atoms with E-state index >= 15 is 0 Å². The summed E-state index contributed by atoms with van der Waals surface area (Å²) in [4.78, 5) is 26.0. The highest BCUT2D eigenvalue weighted by Gasteiger charge is 2.20. The Balaban J connectivity index is 1.73. The van der Waals surface area contributed by atoms with Crippen molar-refractivity contribution >= 4 is 46.5 Å². The summed E-state index contributed by atoms with van der Waals surface area (Å²) in [5, 5.41) is 6.74. The molecule has 5 nitrogen and oxygen atoms in total. The first kappa shape index (κ1) is 19.5. The molecule has 0 spiro atoms. The maximum absolute atomic E-state index is 12.8. The molecule has 3 amide bonds. The number of urea groups is 1. The van der Waals surface area contributed by atoms with Crippen molar-refractivity contribution < 1.29 is 9.59 Å². The predicted molar refractivity (Wildman–Crippen MR) is 110 cm³/mol. The summed E-state index contributed by atoms with van der Waals surface area (Å²) in [7, 11) is 0. The number of amides is 3. The first-order chi connectivity index (χ1) is 12.8. The van der Waals surface area contributed by atoms with E-state index in [-0.39, 0.29) is 18.0 Å². The Morgan fingerprint density at radius 2 is 1.93 bits per heavy atom. The molecule has 0 aromatic heterocycles. The van der Waals surface area contributed by atoms with Crippen LogP contribution in [0.25, 0.3) is 0 Å². The minimum Gasteiger partial charge on any atom is -0.326 e. The molecule has 0 radical (unpaired) electrons. The predicted octanol–water partition coefficient (Wildman–Crippen LogP) is 5.32. The number of aryl methyl sites for hydroxylation is 1. The van der Waals surface area contributed by atoms with E-state index in [4.69, 9.17) is 23.2 Å². The van der Waals surface area contributed by atoms with Crippen molar-refractivity contribution in [3.63, 3.8) is 0 Å². The minimum absolute atomic E-state index is 0.00336. The average molecular weight is 406 g/mol. The smallest absolute Gasteiger partial charge is 0.322 e. The van der Waals surface area contributed by atoms with Gasteiger partial charge in [0, 0.05) is 30.4 Å². The summed E-state index contributed by atoms with van der Waals surface area (Å²) in [6.07, 6.45) is 1.13. The lowest BCUT2D eigenvalue weighted by molar-refractivity contribution is -0.116. The van der Waals surface area contributed by atoms with Crippen molar-refractivity contribution in [3.8, 4) is 0 Å². The molecule has 0 bridgehead atoms. The number of anilines is 2. The summed E-state index contributed by atoms with van der Waals surface area (Å²) >= 11 is 12.0. The highest BCUT2D eigenvalue weighted by Crippen LogP contribution is 2.27. The Bertz CT molecular complexity index is 884. The fraction of sp³-hybridized carbons (Fsp3) is 0.300. The average Bonchev–Trinajstić information content (AvgIpc) is 2.62. The Kier molecular flexibility index (Phi) is 5.92. The second-order valence-electron chi connectivity index (χ2n) is 6.82. The monoisotopic (exact) mass is 405 g/mol. The molecule has 0 unspecified atom stereocenters. The molecule has 1 aliphatic rings. The van der Waals surface area contributed by atoms with E-state index in [0.717, 1.165) is 16.8 Å². The Hall–Kier alpha value is -2.24. The first-order valence-corrected chi connectivity index (χ1v) is 9.53. The highest BCUT2D eigenvalue weighted by molar-refractivity contribution is 6.42. The van der Waals surface area contributed by atoms with Crippen molar-refractivity contribution in [1.82, 2.24) is 4.90 Å². The van der Waals surface area contributed by atoms with Crippen LogP contribution in [0.2, 0.25) is 10.0 Å². The second kappa shape index (κ2) is 8.19. The number of hydrogen-bond acceptors (Lipinski definition) is 2. The fourth-order valence-electron chi connectivity index (χ4n) is 2.98. The van der Waals surface area contributed by atoms with Crippen LogP contribution in [-0.2, 0) is 17.8 Å². The topological polar surface area (TPSA) is 61.4 Å². The molecule has 0 atom stereocenters. The number of carbonyl (C=O) groups is 2. The largest absolute Gasteiger partial charge is 0.326 e. The van der Waals surface area contributed by atoms with Crippen LogP contribution in [0.4, 0.5) is 16.2 Å². The van der Waals surface area contributed by atoms with E-state index in [1.165, 1.54) is 0 Å². The van der Waals surface area contributed by atoms with Gasteiger partial charge >= 0.3 is 6.03 Å². The molecule has 0 saturated heterocycles. The van der Waals surface area contributed by atoms with Gasteiger partial charge in [-0.3, -0.25) is 4.79 Å². The van der Waals surface area contributed by atoms with Gasteiger partial charge in [0.1, 0.15) is 0 Å². The molecular weight excluding hydrogens is 385 g/mol. The van der Waals surface area contributed by atoms with Crippen LogP contribution < -0.4 is 10.6 Å². The van der Waals surface area contributed by atoms with Gasteiger partial charge in [0.15, 0.2) is 0 Å². The molecule has 0 fully saturated rings. The zero-order chi connectivity index (χ0) is 19.6. The van der Waals surface area contributed by atoms with Crippen molar-refractivity contribution in [1.29, 1.82) is 0 Å². The molecule has 27 heavy (non-hydrogen) atoms. The standard InChI is InChI=1S/C20H21Cl2N3O2/c1-12(2)25(11-13-3-6-16(21)17(22)9-13)20(27)23-15-5-7-18-14(10-15)4-8-19(26)24-18/h3,5-7,9-10,12H,4,8,11H2,1-2H3,(H,23,27)(H,24,26).